The number of hydrogen-bond acceptors (Lipinski definition) is 2. The smallest absolute Gasteiger partial charge is 0.267 e. The van der Waals surface area contributed by atoms with Crippen LogP contribution >= 0.6 is 15.9 Å². The fourth-order valence-electron chi connectivity index (χ4n) is 1.71. The van der Waals surface area contributed by atoms with Gasteiger partial charge in [0, 0.05) is 10.0 Å². The Balaban J connectivity index is 1.94. The van der Waals surface area contributed by atoms with E-state index in [1.54, 1.807) is 18.3 Å². The summed E-state index contributed by atoms with van der Waals surface area (Å²) in [6.07, 6.45) is 3.62. The third-order valence-electron chi connectivity index (χ3n) is 2.73. The molecule has 0 aromatic heterocycles. The second-order valence-corrected chi connectivity index (χ2v) is 5.42. The van der Waals surface area contributed by atoms with Crippen LogP contribution in [0.25, 0.3) is 6.08 Å². The van der Waals surface area contributed by atoms with Gasteiger partial charge in [0.2, 0.25) is 0 Å². The summed E-state index contributed by atoms with van der Waals surface area (Å²) in [4.78, 5) is 11.8. The van der Waals surface area contributed by atoms with Gasteiger partial charge in [0.05, 0.1) is 6.21 Å². The first-order valence-electron chi connectivity index (χ1n) is 6.47. The van der Waals surface area contributed by atoms with Gasteiger partial charge in [-0.05, 0) is 42.3 Å². The van der Waals surface area contributed by atoms with E-state index in [1.807, 2.05) is 55.5 Å². The van der Waals surface area contributed by atoms with Gasteiger partial charge in [-0.15, -0.1) is 0 Å². The third-order valence-corrected chi connectivity index (χ3v) is 3.26. The van der Waals surface area contributed by atoms with Crippen molar-refractivity contribution in [2.45, 2.75) is 6.92 Å². The van der Waals surface area contributed by atoms with E-state index in [1.165, 1.54) is 0 Å². The minimum absolute atomic E-state index is 0.230. The molecular weight excluding hydrogens is 328 g/mol. The fraction of sp³-hybridized carbons (Fsp3) is 0.0588. The molecule has 1 amide bonds. The van der Waals surface area contributed by atoms with Gasteiger partial charge in [0.25, 0.3) is 5.91 Å². The van der Waals surface area contributed by atoms with E-state index in [-0.39, 0.29) is 5.91 Å². The van der Waals surface area contributed by atoms with Crippen molar-refractivity contribution >= 4 is 34.1 Å². The number of carbonyl (C=O) groups is 1. The van der Waals surface area contributed by atoms with Gasteiger partial charge in [-0.1, -0.05) is 52.3 Å². The van der Waals surface area contributed by atoms with E-state index in [0.29, 0.717) is 5.56 Å². The molecule has 2 rings (SSSR count). The van der Waals surface area contributed by atoms with Crippen LogP contribution in [-0.4, -0.2) is 12.1 Å². The van der Waals surface area contributed by atoms with Crippen LogP contribution < -0.4 is 5.43 Å². The average Bonchev–Trinajstić information content (AvgIpc) is 2.49. The number of rotatable bonds is 4. The third kappa shape index (κ3) is 5.00. The zero-order valence-corrected chi connectivity index (χ0v) is 13.2. The minimum Gasteiger partial charge on any atom is -0.267 e. The van der Waals surface area contributed by atoms with Crippen LogP contribution in [0.3, 0.4) is 0 Å². The van der Waals surface area contributed by atoms with Gasteiger partial charge in [-0.3, -0.25) is 4.79 Å². The maximum Gasteiger partial charge on any atom is 0.271 e. The molecule has 0 atom stereocenters. The number of nitrogens with zero attached hydrogens (tertiary/aromatic N) is 1. The summed E-state index contributed by atoms with van der Waals surface area (Å²) in [5.41, 5.74) is 5.13. The maximum atomic E-state index is 11.8. The number of nitrogens with one attached hydrogen (secondary N) is 1. The molecule has 0 spiro atoms. The quantitative estimate of drug-likeness (QED) is 0.654. The molecule has 21 heavy (non-hydrogen) atoms. The summed E-state index contributed by atoms with van der Waals surface area (Å²) in [5.74, 6) is -0.230. The fourth-order valence-corrected chi connectivity index (χ4v) is 1.97. The molecule has 3 nitrogen and oxygen atoms in total. The molecular formula is C17H15BrN2O. The Morgan fingerprint density at radius 3 is 2.43 bits per heavy atom. The second-order valence-electron chi connectivity index (χ2n) is 4.51. The molecule has 0 aliphatic heterocycles. The Labute approximate surface area is 132 Å². The second kappa shape index (κ2) is 7.55. The first-order chi connectivity index (χ1) is 10.1. The lowest BCUT2D eigenvalue weighted by atomic mass is 10.1. The van der Waals surface area contributed by atoms with E-state index in [4.69, 9.17) is 0 Å². The summed E-state index contributed by atoms with van der Waals surface area (Å²) in [6.45, 7) is 1.93. The van der Waals surface area contributed by atoms with Crippen LogP contribution in [0.15, 0.2) is 69.7 Å². The topological polar surface area (TPSA) is 41.5 Å². The molecule has 0 saturated heterocycles. The number of hydrogen-bond donors (Lipinski definition) is 1. The van der Waals surface area contributed by atoms with Gasteiger partial charge in [0.1, 0.15) is 0 Å². The molecule has 0 bridgehead atoms. The predicted molar refractivity (Wildman–Crippen MR) is 90.2 cm³/mol. The maximum absolute atomic E-state index is 11.8. The Kier molecular flexibility index (Phi) is 5.46. The number of amides is 1. The van der Waals surface area contributed by atoms with E-state index < -0.39 is 0 Å². The molecule has 2 aromatic carbocycles. The monoisotopic (exact) mass is 342 g/mol. The molecule has 2 aromatic rings. The summed E-state index contributed by atoms with van der Waals surface area (Å²) >= 11 is 3.33. The van der Waals surface area contributed by atoms with Crippen molar-refractivity contribution in [1.82, 2.24) is 5.43 Å². The number of allylic oxidation sites excluding steroid dienone is 1. The van der Waals surface area contributed by atoms with Crippen molar-refractivity contribution in [1.29, 1.82) is 0 Å². The van der Waals surface area contributed by atoms with Gasteiger partial charge in [-0.2, -0.15) is 5.10 Å². The number of benzene rings is 2. The van der Waals surface area contributed by atoms with Crippen LogP contribution in [0.4, 0.5) is 0 Å². The predicted octanol–water partition coefficient (Wildman–Crippen LogP) is 4.27. The number of carbonyl (C=O) groups excluding carboxylic acids is 1. The summed E-state index contributed by atoms with van der Waals surface area (Å²) in [6, 6.07) is 17.1. The van der Waals surface area contributed by atoms with E-state index >= 15 is 0 Å². The molecule has 0 saturated carbocycles. The average molecular weight is 343 g/mol. The van der Waals surface area contributed by atoms with Crippen LogP contribution in [-0.2, 0) is 0 Å². The Morgan fingerprint density at radius 1 is 1.10 bits per heavy atom. The lowest BCUT2D eigenvalue weighted by molar-refractivity contribution is 0.0955. The molecule has 0 heterocycles. The Morgan fingerprint density at radius 2 is 1.76 bits per heavy atom. The van der Waals surface area contributed by atoms with E-state index in [0.717, 1.165) is 15.6 Å². The molecule has 0 radical (unpaired) electrons. The Bertz CT molecular complexity index is 661. The molecule has 4 heteroatoms. The molecule has 0 fully saturated rings. The normalized spacial score (nSPS) is 11.6. The van der Waals surface area contributed by atoms with Crippen molar-refractivity contribution in [2.75, 3.05) is 0 Å². The number of halogens is 1. The van der Waals surface area contributed by atoms with Crippen molar-refractivity contribution < 1.29 is 4.79 Å². The largest absolute Gasteiger partial charge is 0.271 e. The van der Waals surface area contributed by atoms with Gasteiger partial charge >= 0.3 is 0 Å². The van der Waals surface area contributed by atoms with Crippen LogP contribution in [0.5, 0.6) is 0 Å². The highest BCUT2D eigenvalue weighted by atomic mass is 79.9. The highest BCUT2D eigenvalue weighted by molar-refractivity contribution is 9.10. The lowest BCUT2D eigenvalue weighted by Crippen LogP contribution is -2.17. The molecule has 1 N–H and O–H groups in total. The summed E-state index contributed by atoms with van der Waals surface area (Å²) < 4.78 is 0.934. The van der Waals surface area contributed by atoms with E-state index in [2.05, 4.69) is 26.5 Å². The van der Waals surface area contributed by atoms with Crippen molar-refractivity contribution in [3.8, 4) is 0 Å². The number of hydrazone groups is 1. The lowest BCUT2D eigenvalue weighted by Gasteiger charge is -2.00. The Hall–Kier alpha value is -2.20. The van der Waals surface area contributed by atoms with Crippen LogP contribution in [0, 0.1) is 0 Å². The van der Waals surface area contributed by atoms with Gasteiger partial charge < -0.3 is 0 Å². The zero-order chi connectivity index (χ0) is 15.1. The molecule has 0 aliphatic rings. The van der Waals surface area contributed by atoms with Crippen molar-refractivity contribution in [2.24, 2.45) is 5.10 Å². The summed E-state index contributed by atoms with van der Waals surface area (Å²) in [5, 5.41) is 3.96. The van der Waals surface area contributed by atoms with Gasteiger partial charge in [0.15, 0.2) is 0 Å². The van der Waals surface area contributed by atoms with Gasteiger partial charge in [-0.25, -0.2) is 5.43 Å². The van der Waals surface area contributed by atoms with E-state index in [9.17, 15) is 4.79 Å². The molecule has 0 unspecified atom stereocenters. The highest BCUT2D eigenvalue weighted by Crippen LogP contribution is 2.10. The molecule has 106 valence electrons. The summed E-state index contributed by atoms with van der Waals surface area (Å²) in [7, 11) is 0. The molecule has 0 aliphatic carbocycles. The highest BCUT2D eigenvalue weighted by Gasteiger charge is 2.02. The standard InChI is InChI=1S/C17H15BrN2O/c1-13(11-14-5-3-2-4-6-14)12-19-20-17(21)15-7-9-16(18)10-8-15/h2-12H,1H3,(H,20,21)/b13-11+,19-12+. The SMILES string of the molecule is CC(/C=N/NC(=O)c1ccc(Br)cc1)=C\c1ccccc1. The first kappa shape index (κ1) is 15.2. The van der Waals surface area contributed by atoms with Crippen LogP contribution in [0.1, 0.15) is 22.8 Å². The minimum atomic E-state index is -0.230. The van der Waals surface area contributed by atoms with Crippen molar-refractivity contribution in [3.05, 3.63) is 75.8 Å². The zero-order valence-electron chi connectivity index (χ0n) is 11.6. The first-order valence-corrected chi connectivity index (χ1v) is 7.27. The van der Waals surface area contributed by atoms with Crippen LogP contribution in [0.2, 0.25) is 0 Å². The van der Waals surface area contributed by atoms with Crippen molar-refractivity contribution in [3.63, 3.8) is 0 Å².